The molecular formula is C14H23N3. The Balaban J connectivity index is 2.02. The Kier molecular flexibility index (Phi) is 3.79. The zero-order chi connectivity index (χ0) is 12.3. The molecule has 1 unspecified atom stereocenters. The minimum absolute atomic E-state index is 0.253. The third-order valence-corrected chi connectivity index (χ3v) is 3.84. The summed E-state index contributed by atoms with van der Waals surface area (Å²) in [5, 5.41) is 3.40. The van der Waals surface area contributed by atoms with E-state index < -0.39 is 0 Å². The van der Waals surface area contributed by atoms with Gasteiger partial charge in [-0.05, 0) is 45.9 Å². The number of hydrogen-bond acceptors (Lipinski definition) is 3. The Bertz CT molecular complexity index is 348. The average molecular weight is 233 g/mol. The molecule has 2 rings (SSSR count). The van der Waals surface area contributed by atoms with Crippen molar-refractivity contribution in [2.45, 2.75) is 44.8 Å². The Morgan fingerprint density at radius 2 is 2.29 bits per heavy atom. The van der Waals surface area contributed by atoms with Gasteiger partial charge in [0, 0.05) is 30.9 Å². The molecule has 1 saturated heterocycles. The van der Waals surface area contributed by atoms with Crippen LogP contribution in [0, 0.1) is 0 Å². The van der Waals surface area contributed by atoms with Gasteiger partial charge in [0.25, 0.3) is 0 Å². The minimum Gasteiger partial charge on any atom is -0.317 e. The number of piperidine rings is 1. The third-order valence-electron chi connectivity index (χ3n) is 3.84. The van der Waals surface area contributed by atoms with E-state index >= 15 is 0 Å². The van der Waals surface area contributed by atoms with Crippen molar-refractivity contribution in [2.75, 3.05) is 13.6 Å². The van der Waals surface area contributed by atoms with Crippen molar-refractivity contribution in [3.05, 3.63) is 30.1 Å². The first-order valence-corrected chi connectivity index (χ1v) is 6.44. The van der Waals surface area contributed by atoms with Crippen LogP contribution in [-0.2, 0) is 6.54 Å². The van der Waals surface area contributed by atoms with Gasteiger partial charge in [0.05, 0.1) is 5.69 Å². The van der Waals surface area contributed by atoms with Crippen molar-refractivity contribution in [2.24, 2.45) is 0 Å². The lowest BCUT2D eigenvalue weighted by Crippen LogP contribution is -2.53. The minimum atomic E-state index is 0.253. The van der Waals surface area contributed by atoms with Crippen LogP contribution in [0.2, 0.25) is 0 Å². The molecule has 1 aliphatic rings. The molecule has 3 nitrogen and oxygen atoms in total. The van der Waals surface area contributed by atoms with Crippen molar-refractivity contribution in [1.29, 1.82) is 0 Å². The monoisotopic (exact) mass is 233 g/mol. The fraction of sp³-hybridized carbons (Fsp3) is 0.643. The van der Waals surface area contributed by atoms with Crippen LogP contribution in [0.3, 0.4) is 0 Å². The molecule has 94 valence electrons. The first-order valence-electron chi connectivity index (χ1n) is 6.44. The summed E-state index contributed by atoms with van der Waals surface area (Å²) in [5.74, 6) is 0. The Hall–Kier alpha value is -0.930. The molecule has 0 aromatic carbocycles. The zero-order valence-corrected chi connectivity index (χ0v) is 11.1. The molecule has 0 aliphatic carbocycles. The predicted octanol–water partition coefficient (Wildman–Crippen LogP) is 2.04. The maximum atomic E-state index is 4.42. The number of nitrogens with one attached hydrogen (secondary N) is 1. The van der Waals surface area contributed by atoms with Crippen LogP contribution in [-0.4, -0.2) is 35.1 Å². The van der Waals surface area contributed by atoms with E-state index in [4.69, 9.17) is 0 Å². The molecule has 1 atom stereocenters. The maximum absolute atomic E-state index is 4.42. The molecule has 2 heterocycles. The van der Waals surface area contributed by atoms with Gasteiger partial charge in [-0.25, -0.2) is 0 Å². The highest BCUT2D eigenvalue weighted by atomic mass is 15.2. The van der Waals surface area contributed by atoms with Gasteiger partial charge in [-0.2, -0.15) is 0 Å². The second kappa shape index (κ2) is 5.15. The zero-order valence-electron chi connectivity index (χ0n) is 11.1. The van der Waals surface area contributed by atoms with Gasteiger partial charge in [-0.3, -0.25) is 9.88 Å². The number of hydrogen-bond donors (Lipinski definition) is 1. The van der Waals surface area contributed by atoms with Gasteiger partial charge in [0.1, 0.15) is 0 Å². The molecule has 0 bridgehead atoms. The molecule has 1 fully saturated rings. The van der Waals surface area contributed by atoms with E-state index in [1.165, 1.54) is 18.5 Å². The Morgan fingerprint density at radius 3 is 2.88 bits per heavy atom. The average Bonchev–Trinajstić information content (AvgIpc) is 2.33. The summed E-state index contributed by atoms with van der Waals surface area (Å²) in [5.41, 5.74) is 1.42. The van der Waals surface area contributed by atoms with Crippen molar-refractivity contribution >= 4 is 0 Å². The van der Waals surface area contributed by atoms with E-state index in [2.05, 4.69) is 48.2 Å². The summed E-state index contributed by atoms with van der Waals surface area (Å²) in [4.78, 5) is 6.97. The van der Waals surface area contributed by atoms with Gasteiger partial charge in [-0.1, -0.05) is 6.07 Å². The summed E-state index contributed by atoms with van der Waals surface area (Å²) in [6, 6.07) is 6.81. The topological polar surface area (TPSA) is 28.2 Å². The fourth-order valence-corrected chi connectivity index (χ4v) is 2.68. The summed E-state index contributed by atoms with van der Waals surface area (Å²) < 4.78 is 0. The Morgan fingerprint density at radius 1 is 1.47 bits per heavy atom. The van der Waals surface area contributed by atoms with Crippen molar-refractivity contribution in [3.63, 3.8) is 0 Å². The van der Waals surface area contributed by atoms with E-state index in [-0.39, 0.29) is 5.54 Å². The van der Waals surface area contributed by atoms with Crippen LogP contribution in [0.4, 0.5) is 0 Å². The molecule has 1 aliphatic heterocycles. The van der Waals surface area contributed by atoms with Crippen LogP contribution in [0.5, 0.6) is 0 Å². The van der Waals surface area contributed by atoms with Gasteiger partial charge < -0.3 is 5.32 Å². The normalized spacial score (nSPS) is 24.8. The SMILES string of the molecule is CNC1CCN(Cc2ccccn2)C(C)(C)C1. The molecule has 1 N–H and O–H groups in total. The third kappa shape index (κ3) is 3.05. The van der Waals surface area contributed by atoms with E-state index in [0.717, 1.165) is 13.1 Å². The highest BCUT2D eigenvalue weighted by Crippen LogP contribution is 2.28. The second-order valence-corrected chi connectivity index (χ2v) is 5.53. The van der Waals surface area contributed by atoms with Crippen molar-refractivity contribution < 1.29 is 0 Å². The molecular weight excluding hydrogens is 210 g/mol. The van der Waals surface area contributed by atoms with Gasteiger partial charge in [-0.15, -0.1) is 0 Å². The van der Waals surface area contributed by atoms with Gasteiger partial charge in [0.2, 0.25) is 0 Å². The van der Waals surface area contributed by atoms with E-state index in [9.17, 15) is 0 Å². The quantitative estimate of drug-likeness (QED) is 0.866. The van der Waals surface area contributed by atoms with Crippen LogP contribution < -0.4 is 5.32 Å². The molecule has 1 aromatic rings. The number of likely N-dealkylation sites (tertiary alicyclic amines) is 1. The van der Waals surface area contributed by atoms with Crippen LogP contribution >= 0.6 is 0 Å². The maximum Gasteiger partial charge on any atom is 0.0544 e. The van der Waals surface area contributed by atoms with Crippen LogP contribution in [0.25, 0.3) is 0 Å². The number of rotatable bonds is 3. The standard InChI is InChI=1S/C14H23N3/c1-14(2)10-12(15-3)7-9-17(14)11-13-6-4-5-8-16-13/h4-6,8,12,15H,7,9-11H2,1-3H3. The van der Waals surface area contributed by atoms with Crippen LogP contribution in [0.1, 0.15) is 32.4 Å². The van der Waals surface area contributed by atoms with Crippen LogP contribution in [0.15, 0.2) is 24.4 Å². The first kappa shape index (κ1) is 12.5. The molecule has 0 spiro atoms. The Labute approximate surface area is 104 Å². The molecule has 17 heavy (non-hydrogen) atoms. The van der Waals surface area contributed by atoms with Gasteiger partial charge in [0.15, 0.2) is 0 Å². The lowest BCUT2D eigenvalue weighted by molar-refractivity contribution is 0.0518. The van der Waals surface area contributed by atoms with Gasteiger partial charge >= 0.3 is 0 Å². The fourth-order valence-electron chi connectivity index (χ4n) is 2.68. The lowest BCUT2D eigenvalue weighted by atomic mass is 9.87. The predicted molar refractivity (Wildman–Crippen MR) is 70.8 cm³/mol. The number of nitrogens with zero attached hydrogens (tertiary/aromatic N) is 2. The van der Waals surface area contributed by atoms with E-state index in [1.54, 1.807) is 0 Å². The molecule has 3 heteroatoms. The number of aromatic nitrogens is 1. The molecule has 0 amide bonds. The summed E-state index contributed by atoms with van der Waals surface area (Å²) >= 11 is 0. The molecule has 0 saturated carbocycles. The first-order chi connectivity index (χ1) is 8.12. The second-order valence-electron chi connectivity index (χ2n) is 5.53. The molecule has 1 aromatic heterocycles. The van der Waals surface area contributed by atoms with E-state index in [1.807, 2.05) is 12.3 Å². The van der Waals surface area contributed by atoms with Crippen molar-refractivity contribution in [1.82, 2.24) is 15.2 Å². The largest absolute Gasteiger partial charge is 0.317 e. The summed E-state index contributed by atoms with van der Waals surface area (Å²) in [7, 11) is 2.06. The highest BCUT2D eigenvalue weighted by molar-refractivity contribution is 5.05. The lowest BCUT2D eigenvalue weighted by Gasteiger charge is -2.45. The van der Waals surface area contributed by atoms with Crippen molar-refractivity contribution in [3.8, 4) is 0 Å². The molecule has 0 radical (unpaired) electrons. The summed E-state index contributed by atoms with van der Waals surface area (Å²) in [6.07, 6.45) is 4.31. The summed E-state index contributed by atoms with van der Waals surface area (Å²) in [6.45, 7) is 6.78. The van der Waals surface area contributed by atoms with E-state index in [0.29, 0.717) is 6.04 Å². The smallest absolute Gasteiger partial charge is 0.0544 e. The highest BCUT2D eigenvalue weighted by Gasteiger charge is 2.34. The number of pyridine rings is 1.